The van der Waals surface area contributed by atoms with Gasteiger partial charge in [0.2, 0.25) is 0 Å². The zero-order valence-corrected chi connectivity index (χ0v) is 14.6. The molecular weight excluding hydrogens is 352 g/mol. The van der Waals surface area contributed by atoms with Gasteiger partial charge in [0.1, 0.15) is 6.10 Å². The lowest BCUT2D eigenvalue weighted by atomic mass is 9.99. The first-order chi connectivity index (χ1) is 13.0. The summed E-state index contributed by atoms with van der Waals surface area (Å²) in [5.74, 6) is -1.38. The van der Waals surface area contributed by atoms with E-state index in [-0.39, 0.29) is 5.56 Å². The molecular formula is C20H20O7. The molecule has 1 heterocycles. The molecule has 0 saturated carbocycles. The van der Waals surface area contributed by atoms with Gasteiger partial charge in [-0.25, -0.2) is 9.59 Å². The molecule has 0 aromatic heterocycles. The van der Waals surface area contributed by atoms with E-state index >= 15 is 0 Å². The molecule has 2 aromatic rings. The Morgan fingerprint density at radius 1 is 0.815 bits per heavy atom. The van der Waals surface area contributed by atoms with Gasteiger partial charge in [-0.05, 0) is 31.2 Å². The van der Waals surface area contributed by atoms with Crippen molar-refractivity contribution < 1.29 is 34.0 Å². The maximum Gasteiger partial charge on any atom is 0.338 e. The second-order valence-electron chi connectivity index (χ2n) is 6.19. The highest BCUT2D eigenvalue weighted by Crippen LogP contribution is 2.26. The molecule has 0 spiro atoms. The Labute approximate surface area is 156 Å². The van der Waals surface area contributed by atoms with E-state index in [9.17, 15) is 19.8 Å². The SMILES string of the molecule is C[C@H]1O[C@H](O)[C@H](OC(=O)c2ccccc2)[C@@H](O)[C@@H]1OC(=O)c1ccccc1. The summed E-state index contributed by atoms with van der Waals surface area (Å²) in [5, 5.41) is 20.6. The zero-order chi connectivity index (χ0) is 19.4. The van der Waals surface area contributed by atoms with Crippen molar-refractivity contribution in [3.63, 3.8) is 0 Å². The van der Waals surface area contributed by atoms with Gasteiger partial charge in [-0.15, -0.1) is 0 Å². The van der Waals surface area contributed by atoms with Crippen LogP contribution in [0.5, 0.6) is 0 Å². The van der Waals surface area contributed by atoms with Gasteiger partial charge in [0.05, 0.1) is 17.2 Å². The fourth-order valence-electron chi connectivity index (χ4n) is 2.83. The minimum Gasteiger partial charge on any atom is -0.453 e. The first-order valence-electron chi connectivity index (χ1n) is 8.51. The van der Waals surface area contributed by atoms with Gasteiger partial charge < -0.3 is 24.4 Å². The standard InChI is InChI=1S/C20H20O7/c1-12-16(26-18(22)13-8-4-2-5-9-13)15(21)17(20(24)25-12)27-19(23)14-10-6-3-7-11-14/h2-12,15-17,20-21,24H,1H3/t12-,15+,16-,17-,20+/m1/s1. The van der Waals surface area contributed by atoms with Crippen molar-refractivity contribution in [2.24, 2.45) is 0 Å². The van der Waals surface area contributed by atoms with Crippen LogP contribution in [0.15, 0.2) is 60.7 Å². The Hall–Kier alpha value is -2.74. The average molecular weight is 372 g/mol. The summed E-state index contributed by atoms with van der Waals surface area (Å²) in [5.41, 5.74) is 0.564. The van der Waals surface area contributed by atoms with Crippen LogP contribution in [0.2, 0.25) is 0 Å². The fraction of sp³-hybridized carbons (Fsp3) is 0.300. The summed E-state index contributed by atoms with van der Waals surface area (Å²) in [4.78, 5) is 24.5. The number of hydrogen-bond donors (Lipinski definition) is 2. The number of ether oxygens (including phenoxy) is 3. The first kappa shape index (κ1) is 19.0. The topological polar surface area (TPSA) is 102 Å². The summed E-state index contributed by atoms with van der Waals surface area (Å²) in [7, 11) is 0. The van der Waals surface area contributed by atoms with Crippen molar-refractivity contribution in [3.05, 3.63) is 71.8 Å². The summed E-state index contributed by atoms with van der Waals surface area (Å²) >= 11 is 0. The van der Waals surface area contributed by atoms with Crippen LogP contribution in [-0.2, 0) is 14.2 Å². The van der Waals surface area contributed by atoms with E-state index in [0.717, 1.165) is 0 Å². The number of carbonyl (C=O) groups is 2. The van der Waals surface area contributed by atoms with Gasteiger partial charge in [-0.1, -0.05) is 36.4 Å². The predicted molar refractivity (Wildman–Crippen MR) is 93.9 cm³/mol. The third-order valence-corrected chi connectivity index (χ3v) is 4.28. The minimum absolute atomic E-state index is 0.258. The van der Waals surface area contributed by atoms with E-state index < -0.39 is 42.6 Å². The van der Waals surface area contributed by atoms with Crippen molar-refractivity contribution in [1.29, 1.82) is 0 Å². The van der Waals surface area contributed by atoms with Gasteiger partial charge in [-0.3, -0.25) is 0 Å². The molecule has 2 aromatic carbocycles. The van der Waals surface area contributed by atoms with Crippen molar-refractivity contribution in [1.82, 2.24) is 0 Å². The van der Waals surface area contributed by atoms with Gasteiger partial charge in [-0.2, -0.15) is 0 Å². The van der Waals surface area contributed by atoms with Crippen LogP contribution >= 0.6 is 0 Å². The van der Waals surface area contributed by atoms with Crippen LogP contribution < -0.4 is 0 Å². The second kappa shape index (κ2) is 8.30. The van der Waals surface area contributed by atoms with E-state index in [4.69, 9.17) is 14.2 Å². The smallest absolute Gasteiger partial charge is 0.338 e. The van der Waals surface area contributed by atoms with Crippen LogP contribution in [0.4, 0.5) is 0 Å². The van der Waals surface area contributed by atoms with Gasteiger partial charge in [0, 0.05) is 0 Å². The molecule has 2 N–H and O–H groups in total. The normalized spacial score (nSPS) is 27.6. The summed E-state index contributed by atoms with van der Waals surface area (Å²) in [6.07, 6.45) is -6.31. The van der Waals surface area contributed by atoms with Crippen molar-refractivity contribution in [2.45, 2.75) is 37.6 Å². The Bertz CT molecular complexity index is 712. The molecule has 7 nitrogen and oxygen atoms in total. The first-order valence-corrected chi connectivity index (χ1v) is 8.51. The highest BCUT2D eigenvalue weighted by molar-refractivity contribution is 5.90. The molecule has 1 saturated heterocycles. The number of carbonyl (C=O) groups excluding carboxylic acids is 2. The molecule has 1 aliphatic rings. The minimum atomic E-state index is -1.55. The van der Waals surface area contributed by atoms with Crippen molar-refractivity contribution in [2.75, 3.05) is 0 Å². The quantitative estimate of drug-likeness (QED) is 0.785. The molecule has 1 fully saturated rings. The number of aliphatic hydroxyl groups is 2. The number of benzene rings is 2. The van der Waals surface area contributed by atoms with Crippen LogP contribution in [0.3, 0.4) is 0 Å². The molecule has 27 heavy (non-hydrogen) atoms. The summed E-state index contributed by atoms with van der Waals surface area (Å²) < 4.78 is 15.9. The van der Waals surface area contributed by atoms with Gasteiger partial charge in [0.15, 0.2) is 18.5 Å². The summed E-state index contributed by atoms with van der Waals surface area (Å²) in [6.45, 7) is 1.55. The number of aliphatic hydroxyl groups excluding tert-OH is 2. The molecule has 0 unspecified atom stereocenters. The lowest BCUT2D eigenvalue weighted by molar-refractivity contribution is -0.276. The van der Waals surface area contributed by atoms with Crippen LogP contribution in [0.1, 0.15) is 27.6 Å². The summed E-state index contributed by atoms with van der Waals surface area (Å²) in [6, 6.07) is 16.4. The van der Waals surface area contributed by atoms with Crippen LogP contribution in [0, 0.1) is 0 Å². The van der Waals surface area contributed by atoms with E-state index in [0.29, 0.717) is 5.56 Å². The average Bonchev–Trinajstić information content (AvgIpc) is 2.69. The molecule has 0 bridgehead atoms. The Balaban J connectivity index is 1.72. The van der Waals surface area contributed by atoms with E-state index in [1.807, 2.05) is 0 Å². The molecule has 0 aliphatic carbocycles. The highest BCUT2D eigenvalue weighted by Gasteiger charge is 2.47. The second-order valence-corrected chi connectivity index (χ2v) is 6.19. The molecule has 0 amide bonds. The van der Waals surface area contributed by atoms with Crippen LogP contribution in [0.25, 0.3) is 0 Å². The fourth-order valence-corrected chi connectivity index (χ4v) is 2.83. The lowest BCUT2D eigenvalue weighted by Crippen LogP contribution is -2.59. The molecule has 142 valence electrons. The number of hydrogen-bond acceptors (Lipinski definition) is 7. The lowest BCUT2D eigenvalue weighted by Gasteiger charge is -2.40. The predicted octanol–water partition coefficient (Wildman–Crippen LogP) is 1.54. The van der Waals surface area contributed by atoms with Gasteiger partial charge in [0.25, 0.3) is 0 Å². The maximum atomic E-state index is 12.3. The van der Waals surface area contributed by atoms with Crippen molar-refractivity contribution in [3.8, 4) is 0 Å². The number of rotatable bonds is 4. The van der Waals surface area contributed by atoms with E-state index in [2.05, 4.69) is 0 Å². The zero-order valence-electron chi connectivity index (χ0n) is 14.6. The largest absolute Gasteiger partial charge is 0.453 e. The van der Waals surface area contributed by atoms with Crippen LogP contribution in [-0.4, -0.2) is 52.9 Å². The Morgan fingerprint density at radius 3 is 1.74 bits per heavy atom. The molecule has 5 atom stereocenters. The molecule has 7 heteroatoms. The maximum absolute atomic E-state index is 12.3. The third-order valence-electron chi connectivity index (χ3n) is 4.28. The Morgan fingerprint density at radius 2 is 1.26 bits per heavy atom. The monoisotopic (exact) mass is 372 g/mol. The third kappa shape index (κ3) is 4.33. The highest BCUT2D eigenvalue weighted by atomic mass is 16.7. The van der Waals surface area contributed by atoms with E-state index in [1.165, 1.54) is 0 Å². The number of esters is 2. The molecule has 3 rings (SSSR count). The molecule has 0 radical (unpaired) electrons. The van der Waals surface area contributed by atoms with Crippen molar-refractivity contribution >= 4 is 11.9 Å². The molecule has 1 aliphatic heterocycles. The Kier molecular flexibility index (Phi) is 5.85. The van der Waals surface area contributed by atoms with E-state index in [1.54, 1.807) is 67.6 Å². The van der Waals surface area contributed by atoms with Gasteiger partial charge >= 0.3 is 11.9 Å².